The number of aromatic nitrogens is 1. The maximum Gasteiger partial charge on any atom is 0.314 e. The van der Waals surface area contributed by atoms with E-state index in [-0.39, 0.29) is 24.8 Å². The van der Waals surface area contributed by atoms with Crippen molar-refractivity contribution in [3.63, 3.8) is 0 Å². The lowest BCUT2D eigenvalue weighted by Crippen LogP contribution is -2.55. The van der Waals surface area contributed by atoms with E-state index in [2.05, 4.69) is 15.6 Å². The van der Waals surface area contributed by atoms with Gasteiger partial charge in [-0.15, -0.1) is 0 Å². The van der Waals surface area contributed by atoms with Crippen LogP contribution in [-0.2, 0) is 22.4 Å². The molecule has 4 amide bonds. The standard InChI is InChI=1S/C22H29N5O3/c1-2-20(28)26-19(21(29)25-14-11-17-8-4-3-5-9-17)16-27(22(23)30)15-12-18-10-6-7-13-24-18/h3-10,13,19H,2,11-12,14-16H2,1H3,(H2,23,30)(H,25,29)(H,26,28). The molecule has 160 valence electrons. The number of nitrogens with two attached hydrogens (primary N) is 1. The summed E-state index contributed by atoms with van der Waals surface area (Å²) in [7, 11) is 0. The lowest BCUT2D eigenvalue weighted by molar-refractivity contribution is -0.129. The van der Waals surface area contributed by atoms with Crippen LogP contribution < -0.4 is 16.4 Å². The van der Waals surface area contributed by atoms with Gasteiger partial charge in [-0.1, -0.05) is 43.3 Å². The van der Waals surface area contributed by atoms with Gasteiger partial charge in [-0.3, -0.25) is 14.6 Å². The first-order valence-corrected chi connectivity index (χ1v) is 10.0. The third kappa shape index (κ3) is 7.90. The Hall–Kier alpha value is -3.42. The van der Waals surface area contributed by atoms with E-state index in [1.807, 2.05) is 48.5 Å². The Bertz CT molecular complexity index is 814. The summed E-state index contributed by atoms with van der Waals surface area (Å²) in [6.07, 6.45) is 3.07. The van der Waals surface area contributed by atoms with Crippen LogP contribution in [0.25, 0.3) is 0 Å². The molecule has 0 aliphatic carbocycles. The van der Waals surface area contributed by atoms with Crippen LogP contribution >= 0.6 is 0 Å². The molecule has 8 heteroatoms. The van der Waals surface area contributed by atoms with Crippen LogP contribution in [-0.4, -0.2) is 53.4 Å². The van der Waals surface area contributed by atoms with Gasteiger partial charge in [0.1, 0.15) is 6.04 Å². The number of hydrogen-bond donors (Lipinski definition) is 3. The summed E-state index contributed by atoms with van der Waals surface area (Å²) in [5.41, 5.74) is 7.42. The topological polar surface area (TPSA) is 117 Å². The van der Waals surface area contributed by atoms with Gasteiger partial charge >= 0.3 is 6.03 Å². The fraction of sp³-hybridized carbons (Fsp3) is 0.364. The van der Waals surface area contributed by atoms with Gasteiger partial charge < -0.3 is 21.3 Å². The number of carbonyl (C=O) groups is 3. The van der Waals surface area contributed by atoms with Crippen molar-refractivity contribution < 1.29 is 14.4 Å². The molecule has 0 spiro atoms. The van der Waals surface area contributed by atoms with Crippen molar-refractivity contribution in [3.8, 4) is 0 Å². The third-order valence-electron chi connectivity index (χ3n) is 4.61. The summed E-state index contributed by atoms with van der Waals surface area (Å²) < 4.78 is 0. The molecule has 0 radical (unpaired) electrons. The molecule has 0 aliphatic heterocycles. The molecule has 0 fully saturated rings. The largest absolute Gasteiger partial charge is 0.354 e. The number of rotatable bonds is 11. The van der Waals surface area contributed by atoms with Gasteiger partial charge in [0, 0.05) is 37.8 Å². The van der Waals surface area contributed by atoms with Crippen LogP contribution in [0.5, 0.6) is 0 Å². The highest BCUT2D eigenvalue weighted by molar-refractivity contribution is 5.88. The number of amides is 4. The lowest BCUT2D eigenvalue weighted by atomic mass is 10.1. The summed E-state index contributed by atoms with van der Waals surface area (Å²) in [4.78, 5) is 42.1. The van der Waals surface area contributed by atoms with Gasteiger partial charge in [0.05, 0.1) is 6.54 Å². The molecule has 1 unspecified atom stereocenters. The molecule has 1 aromatic heterocycles. The molecular formula is C22H29N5O3. The Morgan fingerprint density at radius 2 is 1.80 bits per heavy atom. The van der Waals surface area contributed by atoms with Gasteiger partial charge in [0.2, 0.25) is 11.8 Å². The predicted molar refractivity (Wildman–Crippen MR) is 114 cm³/mol. The smallest absolute Gasteiger partial charge is 0.314 e. The second kappa shape index (κ2) is 12.2. The van der Waals surface area contributed by atoms with Crippen molar-refractivity contribution in [3.05, 3.63) is 66.0 Å². The van der Waals surface area contributed by atoms with E-state index < -0.39 is 12.1 Å². The number of nitrogens with zero attached hydrogens (tertiary/aromatic N) is 2. The number of nitrogens with one attached hydrogen (secondary N) is 2. The van der Waals surface area contributed by atoms with E-state index in [1.165, 1.54) is 4.90 Å². The number of pyridine rings is 1. The van der Waals surface area contributed by atoms with E-state index >= 15 is 0 Å². The zero-order valence-corrected chi connectivity index (χ0v) is 17.2. The fourth-order valence-electron chi connectivity index (χ4n) is 2.90. The molecule has 1 atom stereocenters. The molecule has 1 aromatic carbocycles. The molecule has 0 saturated carbocycles. The van der Waals surface area contributed by atoms with Gasteiger partial charge in [-0.2, -0.15) is 0 Å². The quantitative estimate of drug-likeness (QED) is 0.516. The summed E-state index contributed by atoms with van der Waals surface area (Å²) >= 11 is 0. The minimum Gasteiger partial charge on any atom is -0.354 e. The second-order valence-corrected chi connectivity index (χ2v) is 6.86. The predicted octanol–water partition coefficient (Wildman–Crippen LogP) is 1.26. The monoisotopic (exact) mass is 411 g/mol. The lowest BCUT2D eigenvalue weighted by Gasteiger charge is -2.26. The summed E-state index contributed by atoms with van der Waals surface area (Å²) in [6, 6.07) is 13.8. The Kier molecular flexibility index (Phi) is 9.30. The first kappa shape index (κ1) is 22.9. The van der Waals surface area contributed by atoms with Gasteiger partial charge in [0.15, 0.2) is 0 Å². The van der Waals surface area contributed by atoms with Crippen molar-refractivity contribution >= 4 is 17.8 Å². The first-order valence-electron chi connectivity index (χ1n) is 10.0. The van der Waals surface area contributed by atoms with Crippen molar-refractivity contribution in [1.29, 1.82) is 0 Å². The molecular weight excluding hydrogens is 382 g/mol. The fourth-order valence-corrected chi connectivity index (χ4v) is 2.90. The van der Waals surface area contributed by atoms with Crippen molar-refractivity contribution in [2.45, 2.75) is 32.2 Å². The minimum absolute atomic E-state index is 0.00885. The Balaban J connectivity index is 1.96. The van der Waals surface area contributed by atoms with Crippen LogP contribution in [0.15, 0.2) is 54.7 Å². The Morgan fingerprint density at radius 1 is 1.07 bits per heavy atom. The van der Waals surface area contributed by atoms with Crippen molar-refractivity contribution in [2.24, 2.45) is 5.73 Å². The second-order valence-electron chi connectivity index (χ2n) is 6.86. The zero-order chi connectivity index (χ0) is 21.8. The number of hydrogen-bond acceptors (Lipinski definition) is 4. The molecule has 2 aromatic rings. The Morgan fingerprint density at radius 3 is 2.43 bits per heavy atom. The SMILES string of the molecule is CCC(=O)NC(CN(CCc1ccccn1)C(N)=O)C(=O)NCCc1ccccc1. The number of urea groups is 1. The molecule has 0 aliphatic rings. The molecule has 30 heavy (non-hydrogen) atoms. The maximum atomic E-state index is 12.7. The third-order valence-corrected chi connectivity index (χ3v) is 4.61. The van der Waals surface area contributed by atoms with Gasteiger partial charge in [-0.25, -0.2) is 4.79 Å². The highest BCUT2D eigenvalue weighted by atomic mass is 16.2. The molecule has 0 saturated heterocycles. The number of benzene rings is 1. The molecule has 1 heterocycles. The summed E-state index contributed by atoms with van der Waals surface area (Å²) in [5.74, 6) is -0.621. The van der Waals surface area contributed by atoms with Crippen LogP contribution in [0.3, 0.4) is 0 Å². The van der Waals surface area contributed by atoms with Crippen LogP contribution in [0.1, 0.15) is 24.6 Å². The normalized spacial score (nSPS) is 11.4. The molecule has 2 rings (SSSR count). The van der Waals surface area contributed by atoms with Crippen LogP contribution in [0.4, 0.5) is 4.79 Å². The van der Waals surface area contributed by atoms with E-state index in [9.17, 15) is 14.4 Å². The van der Waals surface area contributed by atoms with Gasteiger partial charge in [0.25, 0.3) is 0 Å². The summed E-state index contributed by atoms with van der Waals surface area (Å²) in [6.45, 7) is 2.41. The average molecular weight is 412 g/mol. The minimum atomic E-state index is -0.885. The first-order chi connectivity index (χ1) is 14.5. The van der Waals surface area contributed by atoms with Crippen LogP contribution in [0, 0.1) is 0 Å². The zero-order valence-electron chi connectivity index (χ0n) is 17.2. The molecule has 4 N–H and O–H groups in total. The van der Waals surface area contributed by atoms with E-state index in [0.29, 0.717) is 25.9 Å². The van der Waals surface area contributed by atoms with Crippen LogP contribution in [0.2, 0.25) is 0 Å². The highest BCUT2D eigenvalue weighted by Gasteiger charge is 2.24. The number of primary amides is 1. The molecule has 8 nitrogen and oxygen atoms in total. The van der Waals surface area contributed by atoms with Gasteiger partial charge in [-0.05, 0) is 24.1 Å². The highest BCUT2D eigenvalue weighted by Crippen LogP contribution is 2.02. The molecule has 0 bridgehead atoms. The van der Waals surface area contributed by atoms with Crippen molar-refractivity contribution in [1.82, 2.24) is 20.5 Å². The van der Waals surface area contributed by atoms with E-state index in [1.54, 1.807) is 13.1 Å². The number of carbonyl (C=O) groups excluding carboxylic acids is 3. The van der Waals surface area contributed by atoms with E-state index in [4.69, 9.17) is 5.73 Å². The average Bonchev–Trinajstić information content (AvgIpc) is 2.76. The maximum absolute atomic E-state index is 12.7. The van der Waals surface area contributed by atoms with Crippen molar-refractivity contribution in [2.75, 3.05) is 19.6 Å². The Labute approximate surface area is 176 Å². The van der Waals surface area contributed by atoms with E-state index in [0.717, 1.165) is 11.3 Å². The summed E-state index contributed by atoms with van der Waals surface area (Å²) in [5, 5.41) is 5.52.